The molecule has 0 bridgehead atoms. The van der Waals surface area contributed by atoms with Gasteiger partial charge in [0.2, 0.25) is 15.9 Å². The Morgan fingerprint density at radius 1 is 1.32 bits per heavy atom. The Hall–Kier alpha value is -1.45. The number of hydrogen-bond acceptors (Lipinski definition) is 5. The lowest BCUT2D eigenvalue weighted by Crippen LogP contribution is -2.24. The third-order valence-corrected chi connectivity index (χ3v) is 6.94. The van der Waals surface area contributed by atoms with Gasteiger partial charge in [0.25, 0.3) is 0 Å². The van der Waals surface area contributed by atoms with Gasteiger partial charge in [-0.3, -0.25) is 4.79 Å². The van der Waals surface area contributed by atoms with E-state index in [1.165, 1.54) is 13.1 Å². The molecule has 9 heteroatoms. The molecule has 1 aromatic carbocycles. The summed E-state index contributed by atoms with van der Waals surface area (Å²) in [6.07, 6.45) is 0.293. The van der Waals surface area contributed by atoms with Crippen LogP contribution in [0.25, 0.3) is 0 Å². The first-order valence-electron chi connectivity index (χ1n) is 6.70. The molecule has 22 heavy (non-hydrogen) atoms. The molecule has 2 rings (SSSR count). The van der Waals surface area contributed by atoms with E-state index in [0.717, 1.165) is 0 Å². The van der Waals surface area contributed by atoms with Crippen LogP contribution in [0, 0.1) is 12.8 Å². The second-order valence-electron chi connectivity index (χ2n) is 5.28. The number of amides is 1. The maximum atomic E-state index is 12.1. The molecule has 1 aliphatic rings. The van der Waals surface area contributed by atoms with E-state index in [1.54, 1.807) is 19.1 Å². The second-order valence-corrected chi connectivity index (χ2v) is 9.36. The lowest BCUT2D eigenvalue weighted by molar-refractivity contribution is -0.119. The molecule has 0 aromatic heterocycles. The quantitative estimate of drug-likeness (QED) is 0.814. The van der Waals surface area contributed by atoms with Crippen LogP contribution in [-0.4, -0.2) is 41.3 Å². The molecular formula is C13H18N2O5S2. The van der Waals surface area contributed by atoms with Gasteiger partial charge >= 0.3 is 0 Å². The van der Waals surface area contributed by atoms with E-state index in [0.29, 0.717) is 17.7 Å². The van der Waals surface area contributed by atoms with E-state index in [2.05, 4.69) is 10.0 Å². The van der Waals surface area contributed by atoms with Crippen LogP contribution in [0.5, 0.6) is 0 Å². The number of benzene rings is 1. The Morgan fingerprint density at radius 3 is 2.55 bits per heavy atom. The average Bonchev–Trinajstić information content (AvgIpc) is 2.81. The van der Waals surface area contributed by atoms with Crippen molar-refractivity contribution >= 4 is 31.5 Å². The number of aryl methyl sites for hydroxylation is 1. The van der Waals surface area contributed by atoms with Crippen molar-refractivity contribution in [2.45, 2.75) is 18.2 Å². The molecule has 1 heterocycles. The minimum absolute atomic E-state index is 0.0123. The predicted molar refractivity (Wildman–Crippen MR) is 82.8 cm³/mol. The van der Waals surface area contributed by atoms with Crippen molar-refractivity contribution in [3.63, 3.8) is 0 Å². The SMILES string of the molecule is CNS(=O)(=O)c1cc(NC(=O)C2CCS(=O)(=O)C2)ccc1C. The predicted octanol–water partition coefficient (Wildman–Crippen LogP) is 0.276. The van der Waals surface area contributed by atoms with Crippen LogP contribution >= 0.6 is 0 Å². The number of nitrogens with one attached hydrogen (secondary N) is 2. The van der Waals surface area contributed by atoms with E-state index in [9.17, 15) is 21.6 Å². The lowest BCUT2D eigenvalue weighted by atomic mass is 10.1. The number of carbonyl (C=O) groups excluding carboxylic acids is 1. The van der Waals surface area contributed by atoms with Crippen LogP contribution in [0.1, 0.15) is 12.0 Å². The summed E-state index contributed by atoms with van der Waals surface area (Å²) in [6.45, 7) is 1.65. The molecule has 2 N–H and O–H groups in total. The Morgan fingerprint density at radius 2 is 2.00 bits per heavy atom. The number of sulfonamides is 1. The summed E-state index contributed by atoms with van der Waals surface area (Å²) in [5, 5.41) is 2.59. The van der Waals surface area contributed by atoms with Crippen LogP contribution in [0.2, 0.25) is 0 Å². The fourth-order valence-electron chi connectivity index (χ4n) is 2.32. The average molecular weight is 346 g/mol. The highest BCUT2D eigenvalue weighted by molar-refractivity contribution is 7.91. The normalized spacial score (nSPS) is 20.7. The van der Waals surface area contributed by atoms with E-state index in [4.69, 9.17) is 0 Å². The van der Waals surface area contributed by atoms with Crippen molar-refractivity contribution in [2.24, 2.45) is 5.92 Å². The van der Waals surface area contributed by atoms with Crippen molar-refractivity contribution < 1.29 is 21.6 Å². The zero-order valence-electron chi connectivity index (χ0n) is 12.3. The summed E-state index contributed by atoms with van der Waals surface area (Å²) in [7, 11) is -5.45. The van der Waals surface area contributed by atoms with E-state index < -0.39 is 31.7 Å². The smallest absolute Gasteiger partial charge is 0.240 e. The van der Waals surface area contributed by atoms with E-state index in [-0.39, 0.29) is 16.4 Å². The maximum absolute atomic E-state index is 12.1. The van der Waals surface area contributed by atoms with Gasteiger partial charge in [-0.1, -0.05) is 6.07 Å². The Kier molecular flexibility index (Phi) is 4.59. The van der Waals surface area contributed by atoms with Crippen LogP contribution in [0.3, 0.4) is 0 Å². The van der Waals surface area contributed by atoms with Crippen LogP contribution < -0.4 is 10.0 Å². The molecule has 122 valence electrons. The number of sulfone groups is 1. The van der Waals surface area contributed by atoms with Gasteiger partial charge < -0.3 is 5.32 Å². The van der Waals surface area contributed by atoms with Gasteiger partial charge in [-0.25, -0.2) is 21.6 Å². The van der Waals surface area contributed by atoms with Gasteiger partial charge in [0, 0.05) is 5.69 Å². The highest BCUT2D eigenvalue weighted by Crippen LogP contribution is 2.23. The Bertz CT molecular complexity index is 800. The Labute approximate surface area is 130 Å². The third kappa shape index (κ3) is 3.65. The zero-order valence-corrected chi connectivity index (χ0v) is 13.9. The first-order valence-corrected chi connectivity index (χ1v) is 10.0. The highest BCUT2D eigenvalue weighted by atomic mass is 32.2. The molecule has 1 aliphatic heterocycles. The minimum atomic E-state index is -3.62. The van der Waals surface area contributed by atoms with Crippen molar-refractivity contribution in [1.29, 1.82) is 0 Å². The van der Waals surface area contributed by atoms with Crippen molar-refractivity contribution in [2.75, 3.05) is 23.9 Å². The molecule has 0 spiro atoms. The summed E-state index contributed by atoms with van der Waals surface area (Å²) in [5.41, 5.74) is 0.879. The fourth-order valence-corrected chi connectivity index (χ4v) is 5.06. The maximum Gasteiger partial charge on any atom is 0.240 e. The Balaban J connectivity index is 2.21. The fraction of sp³-hybridized carbons (Fsp3) is 0.462. The number of rotatable bonds is 4. The molecule has 1 aromatic rings. The summed E-state index contributed by atoms with van der Waals surface area (Å²) in [4.78, 5) is 12.2. The highest BCUT2D eigenvalue weighted by Gasteiger charge is 2.33. The van der Waals surface area contributed by atoms with Gasteiger partial charge in [0.05, 0.1) is 22.3 Å². The molecule has 0 aliphatic carbocycles. The molecule has 1 amide bonds. The van der Waals surface area contributed by atoms with Gasteiger partial charge in [-0.15, -0.1) is 0 Å². The summed E-state index contributed by atoms with van der Waals surface area (Å²) in [5.74, 6) is -1.14. The monoisotopic (exact) mass is 346 g/mol. The summed E-state index contributed by atoms with van der Waals surface area (Å²) in [6, 6.07) is 4.54. The molecule has 1 fully saturated rings. The first-order chi connectivity index (χ1) is 10.1. The molecule has 7 nitrogen and oxygen atoms in total. The van der Waals surface area contributed by atoms with Gasteiger partial charge in [0.1, 0.15) is 0 Å². The lowest BCUT2D eigenvalue weighted by Gasteiger charge is -2.12. The third-order valence-electron chi connectivity index (χ3n) is 3.62. The number of carbonyl (C=O) groups is 1. The van der Waals surface area contributed by atoms with Crippen molar-refractivity contribution in [1.82, 2.24) is 4.72 Å². The zero-order chi connectivity index (χ0) is 16.5. The summed E-state index contributed by atoms with van der Waals surface area (Å²) >= 11 is 0. The molecule has 1 unspecified atom stereocenters. The van der Waals surface area contributed by atoms with Crippen molar-refractivity contribution in [3.8, 4) is 0 Å². The molecule has 1 saturated heterocycles. The standard InChI is InChI=1S/C13H18N2O5S2/c1-9-3-4-11(7-12(9)22(19,20)14-2)15-13(16)10-5-6-21(17,18)8-10/h3-4,7,10,14H,5-6,8H2,1-2H3,(H,15,16). The van der Waals surface area contributed by atoms with Gasteiger partial charge in [-0.05, 0) is 38.1 Å². The second kappa shape index (κ2) is 5.98. The van der Waals surface area contributed by atoms with E-state index >= 15 is 0 Å². The summed E-state index contributed by atoms with van der Waals surface area (Å²) < 4.78 is 48.8. The number of hydrogen-bond donors (Lipinski definition) is 2. The molecule has 1 atom stereocenters. The van der Waals surface area contributed by atoms with Crippen LogP contribution in [0.4, 0.5) is 5.69 Å². The van der Waals surface area contributed by atoms with Crippen LogP contribution in [0.15, 0.2) is 23.1 Å². The van der Waals surface area contributed by atoms with Gasteiger partial charge in [-0.2, -0.15) is 0 Å². The first kappa shape index (κ1) is 16.9. The largest absolute Gasteiger partial charge is 0.326 e. The molecular weight excluding hydrogens is 328 g/mol. The van der Waals surface area contributed by atoms with E-state index in [1.807, 2.05) is 0 Å². The topological polar surface area (TPSA) is 109 Å². The minimum Gasteiger partial charge on any atom is -0.326 e. The number of anilines is 1. The molecule has 0 radical (unpaired) electrons. The van der Waals surface area contributed by atoms with Crippen LogP contribution in [-0.2, 0) is 24.7 Å². The van der Waals surface area contributed by atoms with Crippen molar-refractivity contribution in [3.05, 3.63) is 23.8 Å². The molecule has 0 saturated carbocycles. The van der Waals surface area contributed by atoms with Gasteiger partial charge in [0.15, 0.2) is 9.84 Å².